The number of hydrogen-bond donors (Lipinski definition) is 2. The molecule has 2 atom stereocenters. The van der Waals surface area contributed by atoms with E-state index in [0.29, 0.717) is 0 Å². The van der Waals surface area contributed by atoms with Crippen molar-refractivity contribution in [3.05, 3.63) is 23.8 Å². The first-order valence-corrected chi connectivity index (χ1v) is 6.09. The monoisotopic (exact) mass is 252 g/mol. The van der Waals surface area contributed by atoms with Crippen molar-refractivity contribution in [1.29, 1.82) is 0 Å². The smallest absolute Gasteiger partial charge is 0.124 e. The van der Waals surface area contributed by atoms with Gasteiger partial charge in [0.1, 0.15) is 11.5 Å². The molecule has 18 heavy (non-hydrogen) atoms. The summed E-state index contributed by atoms with van der Waals surface area (Å²) >= 11 is 0. The second-order valence-electron chi connectivity index (χ2n) is 4.30. The molecule has 1 aliphatic heterocycles. The van der Waals surface area contributed by atoms with Crippen LogP contribution in [-0.2, 0) is 4.74 Å². The topological polar surface area (TPSA) is 65.7 Å². The summed E-state index contributed by atoms with van der Waals surface area (Å²) in [4.78, 5) is 0. The van der Waals surface area contributed by atoms with Gasteiger partial charge in [-0.1, -0.05) is 0 Å². The lowest BCUT2D eigenvalue weighted by molar-refractivity contribution is 0.0774. The number of ether oxygens (including phenoxy) is 3. The molecule has 0 bridgehead atoms. The first kappa shape index (κ1) is 13.1. The van der Waals surface area contributed by atoms with Gasteiger partial charge in [-0.05, 0) is 31.0 Å². The summed E-state index contributed by atoms with van der Waals surface area (Å²) in [5.74, 6) is 7.24. The average Bonchev–Trinajstić information content (AvgIpc) is 2.93. The maximum absolute atomic E-state index is 5.69. The predicted octanol–water partition coefficient (Wildman–Crippen LogP) is 1.39. The van der Waals surface area contributed by atoms with Crippen LogP contribution >= 0.6 is 0 Å². The second kappa shape index (κ2) is 6.04. The molecule has 0 amide bonds. The lowest BCUT2D eigenvalue weighted by Gasteiger charge is -2.24. The minimum atomic E-state index is -0.0856. The fourth-order valence-corrected chi connectivity index (χ4v) is 2.35. The largest absolute Gasteiger partial charge is 0.497 e. The van der Waals surface area contributed by atoms with Gasteiger partial charge in [-0.3, -0.25) is 11.3 Å². The molecular weight excluding hydrogens is 232 g/mol. The van der Waals surface area contributed by atoms with Crippen LogP contribution in [0.15, 0.2) is 18.2 Å². The van der Waals surface area contributed by atoms with Crippen molar-refractivity contribution in [1.82, 2.24) is 5.43 Å². The van der Waals surface area contributed by atoms with Crippen LogP contribution in [-0.4, -0.2) is 26.9 Å². The summed E-state index contributed by atoms with van der Waals surface area (Å²) in [5, 5.41) is 0. The third kappa shape index (κ3) is 2.58. The van der Waals surface area contributed by atoms with E-state index >= 15 is 0 Å². The highest BCUT2D eigenvalue weighted by molar-refractivity contribution is 5.42. The van der Waals surface area contributed by atoms with Gasteiger partial charge in [-0.15, -0.1) is 0 Å². The molecule has 0 saturated carbocycles. The van der Waals surface area contributed by atoms with Gasteiger partial charge >= 0.3 is 0 Å². The molecule has 1 fully saturated rings. The van der Waals surface area contributed by atoms with E-state index < -0.39 is 0 Å². The van der Waals surface area contributed by atoms with Crippen LogP contribution in [0, 0.1) is 0 Å². The zero-order valence-corrected chi connectivity index (χ0v) is 10.8. The van der Waals surface area contributed by atoms with Crippen LogP contribution in [0.2, 0.25) is 0 Å². The van der Waals surface area contributed by atoms with E-state index in [2.05, 4.69) is 5.43 Å². The van der Waals surface area contributed by atoms with Gasteiger partial charge in [0.15, 0.2) is 0 Å². The number of rotatable bonds is 5. The van der Waals surface area contributed by atoms with Crippen molar-refractivity contribution in [3.8, 4) is 11.5 Å². The Morgan fingerprint density at radius 2 is 2.22 bits per heavy atom. The first-order valence-electron chi connectivity index (χ1n) is 6.09. The van der Waals surface area contributed by atoms with Gasteiger partial charge in [-0.2, -0.15) is 0 Å². The molecular formula is C13H20N2O3. The van der Waals surface area contributed by atoms with Crippen molar-refractivity contribution in [2.75, 3.05) is 20.8 Å². The van der Waals surface area contributed by atoms with Crippen LogP contribution in [0.1, 0.15) is 24.4 Å². The molecule has 100 valence electrons. The predicted molar refractivity (Wildman–Crippen MR) is 68.6 cm³/mol. The number of nitrogens with one attached hydrogen (secondary N) is 1. The van der Waals surface area contributed by atoms with E-state index in [0.717, 1.165) is 36.5 Å². The Kier molecular flexibility index (Phi) is 4.41. The summed E-state index contributed by atoms with van der Waals surface area (Å²) in [7, 11) is 3.29. The van der Waals surface area contributed by atoms with Crippen molar-refractivity contribution in [2.24, 2.45) is 5.84 Å². The third-order valence-electron chi connectivity index (χ3n) is 3.29. The molecule has 1 aromatic carbocycles. The Morgan fingerprint density at radius 1 is 1.39 bits per heavy atom. The van der Waals surface area contributed by atoms with Crippen molar-refractivity contribution in [3.63, 3.8) is 0 Å². The lowest BCUT2D eigenvalue weighted by Crippen LogP contribution is -2.36. The van der Waals surface area contributed by atoms with Gasteiger partial charge in [0, 0.05) is 12.2 Å². The van der Waals surface area contributed by atoms with E-state index in [1.807, 2.05) is 18.2 Å². The number of nitrogens with two attached hydrogens (primary N) is 1. The van der Waals surface area contributed by atoms with Crippen LogP contribution < -0.4 is 20.7 Å². The van der Waals surface area contributed by atoms with Gasteiger partial charge in [0.25, 0.3) is 0 Å². The van der Waals surface area contributed by atoms with Crippen molar-refractivity contribution >= 4 is 0 Å². The van der Waals surface area contributed by atoms with Crippen molar-refractivity contribution in [2.45, 2.75) is 25.0 Å². The van der Waals surface area contributed by atoms with Crippen LogP contribution in [0.4, 0.5) is 0 Å². The van der Waals surface area contributed by atoms with Gasteiger partial charge in [-0.25, -0.2) is 0 Å². The Hall–Kier alpha value is -1.30. The molecule has 3 N–H and O–H groups in total. The third-order valence-corrected chi connectivity index (χ3v) is 3.29. The number of benzene rings is 1. The fraction of sp³-hybridized carbons (Fsp3) is 0.538. The molecule has 5 heteroatoms. The quantitative estimate of drug-likeness (QED) is 0.612. The standard InChI is InChI=1S/C13H20N2O3/c1-16-9-5-6-11(17-2)10(8-9)13(15-14)12-4-3-7-18-12/h5-6,8,12-13,15H,3-4,7,14H2,1-2H3. The maximum Gasteiger partial charge on any atom is 0.124 e. The summed E-state index contributed by atoms with van der Waals surface area (Å²) in [6, 6.07) is 5.60. The Balaban J connectivity index is 2.32. The van der Waals surface area contributed by atoms with Crippen LogP contribution in [0.25, 0.3) is 0 Å². The van der Waals surface area contributed by atoms with E-state index in [9.17, 15) is 0 Å². The molecule has 0 spiro atoms. The van der Waals surface area contributed by atoms with E-state index in [1.165, 1.54) is 0 Å². The van der Waals surface area contributed by atoms with Gasteiger partial charge in [0.05, 0.1) is 26.4 Å². The summed E-state index contributed by atoms with van der Waals surface area (Å²) in [6.45, 7) is 0.787. The molecule has 0 aliphatic carbocycles. The molecule has 1 aliphatic rings. The van der Waals surface area contributed by atoms with Crippen molar-refractivity contribution < 1.29 is 14.2 Å². The lowest BCUT2D eigenvalue weighted by atomic mass is 9.98. The summed E-state index contributed by atoms with van der Waals surface area (Å²) in [6.07, 6.45) is 2.14. The fourth-order valence-electron chi connectivity index (χ4n) is 2.35. The van der Waals surface area contributed by atoms with Crippen LogP contribution in [0.3, 0.4) is 0 Å². The number of hydrogen-bond acceptors (Lipinski definition) is 5. The highest BCUT2D eigenvalue weighted by atomic mass is 16.5. The molecule has 2 unspecified atom stereocenters. The van der Waals surface area contributed by atoms with E-state index in [1.54, 1.807) is 14.2 Å². The minimum Gasteiger partial charge on any atom is -0.497 e. The average molecular weight is 252 g/mol. The zero-order valence-electron chi connectivity index (χ0n) is 10.8. The minimum absolute atomic E-state index is 0.0796. The molecule has 0 radical (unpaired) electrons. The SMILES string of the molecule is COc1ccc(OC)c(C(NN)C2CCCO2)c1. The Morgan fingerprint density at radius 3 is 2.78 bits per heavy atom. The summed E-state index contributed by atoms with van der Waals surface area (Å²) < 4.78 is 16.3. The van der Waals surface area contributed by atoms with Gasteiger partial charge in [0.2, 0.25) is 0 Å². The highest BCUT2D eigenvalue weighted by Crippen LogP contribution is 2.34. The number of methoxy groups -OCH3 is 2. The first-order chi connectivity index (χ1) is 8.80. The molecule has 1 saturated heterocycles. The molecule has 1 aromatic rings. The molecule has 1 heterocycles. The summed E-state index contributed by atoms with van der Waals surface area (Å²) in [5.41, 5.74) is 3.79. The molecule has 5 nitrogen and oxygen atoms in total. The number of hydrazine groups is 1. The van der Waals surface area contributed by atoms with E-state index in [4.69, 9.17) is 20.1 Å². The molecule has 0 aromatic heterocycles. The van der Waals surface area contributed by atoms with Crippen LogP contribution in [0.5, 0.6) is 11.5 Å². The van der Waals surface area contributed by atoms with E-state index in [-0.39, 0.29) is 12.1 Å². The maximum atomic E-state index is 5.69. The highest BCUT2D eigenvalue weighted by Gasteiger charge is 2.28. The Labute approximate surface area is 107 Å². The molecule has 2 rings (SSSR count). The van der Waals surface area contributed by atoms with Gasteiger partial charge < -0.3 is 14.2 Å². The Bertz CT molecular complexity index is 392. The second-order valence-corrected chi connectivity index (χ2v) is 4.30. The normalized spacial score (nSPS) is 20.7. The zero-order chi connectivity index (χ0) is 13.0.